The Balaban J connectivity index is 2.08. The molecule has 134 valence electrons. The second kappa shape index (κ2) is 8.02. The van der Waals surface area contributed by atoms with E-state index in [1.165, 1.54) is 24.3 Å². The average molecular weight is 363 g/mol. The molecule has 2 aromatic rings. The van der Waals surface area contributed by atoms with E-state index >= 15 is 0 Å². The van der Waals surface area contributed by atoms with Crippen LogP contribution in [0.3, 0.4) is 0 Å². The fourth-order valence-corrected chi connectivity index (χ4v) is 3.32. The molecule has 0 radical (unpaired) electrons. The van der Waals surface area contributed by atoms with E-state index in [-0.39, 0.29) is 18.1 Å². The number of ether oxygens (including phenoxy) is 2. The summed E-state index contributed by atoms with van der Waals surface area (Å²) in [7, 11) is -3.70. The molecule has 0 aliphatic rings. The Hall–Kier alpha value is -2.54. The number of rotatable bonds is 7. The smallest absolute Gasteiger partial charge is 0.344 e. The highest BCUT2D eigenvalue weighted by molar-refractivity contribution is 7.92. The van der Waals surface area contributed by atoms with E-state index in [2.05, 4.69) is 4.72 Å². The summed E-state index contributed by atoms with van der Waals surface area (Å²) < 4.78 is 37.5. The largest absolute Gasteiger partial charge is 0.482 e. The summed E-state index contributed by atoms with van der Waals surface area (Å²) in [5.74, 6) is -0.0887. The first-order valence-electron chi connectivity index (χ1n) is 7.80. The molecular weight excluding hydrogens is 342 g/mol. The highest BCUT2D eigenvalue weighted by Crippen LogP contribution is 2.22. The third kappa shape index (κ3) is 5.22. The van der Waals surface area contributed by atoms with Crippen molar-refractivity contribution in [2.75, 3.05) is 17.9 Å². The van der Waals surface area contributed by atoms with Gasteiger partial charge in [0, 0.05) is 0 Å². The zero-order valence-corrected chi connectivity index (χ0v) is 15.2. The summed E-state index contributed by atoms with van der Waals surface area (Å²) in [6.45, 7) is 5.56. The van der Waals surface area contributed by atoms with Crippen LogP contribution in [0.5, 0.6) is 5.75 Å². The van der Waals surface area contributed by atoms with Crippen LogP contribution in [-0.4, -0.2) is 27.6 Å². The van der Waals surface area contributed by atoms with Crippen molar-refractivity contribution in [3.63, 3.8) is 0 Å². The Morgan fingerprint density at radius 1 is 1.08 bits per heavy atom. The molecule has 0 fully saturated rings. The minimum absolute atomic E-state index is 0.107. The third-order valence-electron chi connectivity index (χ3n) is 3.42. The Labute approximate surface area is 147 Å². The Morgan fingerprint density at radius 2 is 1.76 bits per heavy atom. The Bertz CT molecular complexity index is 844. The minimum Gasteiger partial charge on any atom is -0.482 e. The van der Waals surface area contributed by atoms with E-state index in [0.717, 1.165) is 11.1 Å². The van der Waals surface area contributed by atoms with Crippen LogP contribution in [0.1, 0.15) is 18.1 Å². The van der Waals surface area contributed by atoms with Gasteiger partial charge in [0.05, 0.1) is 17.2 Å². The van der Waals surface area contributed by atoms with Gasteiger partial charge in [-0.15, -0.1) is 0 Å². The SMILES string of the molecule is CCOC(=O)COc1ccc(S(=O)(=O)Nc2ccc(C)cc2C)cc1. The first-order chi connectivity index (χ1) is 11.8. The molecule has 0 aromatic heterocycles. The average Bonchev–Trinajstić information content (AvgIpc) is 2.56. The van der Waals surface area contributed by atoms with Gasteiger partial charge in [0.2, 0.25) is 0 Å². The number of nitrogens with one attached hydrogen (secondary N) is 1. The zero-order valence-electron chi connectivity index (χ0n) is 14.4. The number of hydrogen-bond acceptors (Lipinski definition) is 5. The summed E-state index contributed by atoms with van der Waals surface area (Å²) >= 11 is 0. The van der Waals surface area contributed by atoms with Crippen LogP contribution in [0.2, 0.25) is 0 Å². The summed E-state index contributed by atoms with van der Waals surface area (Å²) in [6.07, 6.45) is 0. The van der Waals surface area contributed by atoms with E-state index in [1.807, 2.05) is 26.0 Å². The summed E-state index contributed by atoms with van der Waals surface area (Å²) in [5.41, 5.74) is 2.44. The van der Waals surface area contributed by atoms with Gasteiger partial charge in [-0.25, -0.2) is 13.2 Å². The number of sulfonamides is 1. The summed E-state index contributed by atoms with van der Waals surface area (Å²) in [4.78, 5) is 11.4. The minimum atomic E-state index is -3.70. The van der Waals surface area contributed by atoms with Crippen LogP contribution in [-0.2, 0) is 19.6 Å². The normalized spacial score (nSPS) is 11.0. The lowest BCUT2D eigenvalue weighted by Gasteiger charge is -2.12. The quantitative estimate of drug-likeness (QED) is 0.765. The molecule has 0 aliphatic heterocycles. The van der Waals surface area contributed by atoms with Gasteiger partial charge in [0.25, 0.3) is 10.0 Å². The Morgan fingerprint density at radius 3 is 2.36 bits per heavy atom. The van der Waals surface area contributed by atoms with Crippen LogP contribution in [0.25, 0.3) is 0 Å². The molecule has 0 bridgehead atoms. The molecule has 0 atom stereocenters. The maximum absolute atomic E-state index is 12.5. The molecule has 7 heteroatoms. The molecule has 0 amide bonds. The molecule has 2 aromatic carbocycles. The van der Waals surface area contributed by atoms with E-state index in [4.69, 9.17) is 9.47 Å². The lowest BCUT2D eigenvalue weighted by molar-refractivity contribution is -0.145. The zero-order chi connectivity index (χ0) is 18.4. The lowest BCUT2D eigenvalue weighted by Crippen LogP contribution is -2.15. The number of esters is 1. The fourth-order valence-electron chi connectivity index (χ4n) is 2.19. The van der Waals surface area contributed by atoms with Crippen LogP contribution in [0.15, 0.2) is 47.4 Å². The van der Waals surface area contributed by atoms with Gasteiger partial charge in [-0.2, -0.15) is 0 Å². The summed E-state index contributed by atoms with van der Waals surface area (Å²) in [5, 5.41) is 0. The highest BCUT2D eigenvalue weighted by Gasteiger charge is 2.15. The second-order valence-corrected chi connectivity index (χ2v) is 7.17. The predicted octanol–water partition coefficient (Wildman–Crippen LogP) is 3.05. The standard InChI is InChI=1S/C18H21NO5S/c1-4-23-18(20)12-24-15-6-8-16(9-7-15)25(21,22)19-17-10-5-13(2)11-14(17)3/h5-11,19H,4,12H2,1-3H3. The molecule has 0 unspecified atom stereocenters. The van der Waals surface area contributed by atoms with Gasteiger partial charge >= 0.3 is 5.97 Å². The number of aryl methyl sites for hydroxylation is 2. The van der Waals surface area contributed by atoms with Crippen molar-refractivity contribution in [3.8, 4) is 5.75 Å². The predicted molar refractivity (Wildman–Crippen MR) is 95.3 cm³/mol. The van der Waals surface area contributed by atoms with Gasteiger partial charge in [0.1, 0.15) is 5.75 Å². The molecule has 0 aliphatic carbocycles. The van der Waals surface area contributed by atoms with E-state index < -0.39 is 16.0 Å². The van der Waals surface area contributed by atoms with Gasteiger partial charge in [-0.1, -0.05) is 17.7 Å². The Kier molecular flexibility index (Phi) is 6.03. The van der Waals surface area contributed by atoms with Gasteiger partial charge in [0.15, 0.2) is 6.61 Å². The van der Waals surface area contributed by atoms with Crippen molar-refractivity contribution in [3.05, 3.63) is 53.6 Å². The van der Waals surface area contributed by atoms with Crippen LogP contribution >= 0.6 is 0 Å². The molecule has 0 spiro atoms. The lowest BCUT2D eigenvalue weighted by atomic mass is 10.1. The van der Waals surface area contributed by atoms with E-state index in [1.54, 1.807) is 13.0 Å². The number of benzene rings is 2. The van der Waals surface area contributed by atoms with Crippen LogP contribution in [0, 0.1) is 13.8 Å². The topological polar surface area (TPSA) is 81.7 Å². The van der Waals surface area contributed by atoms with E-state index in [0.29, 0.717) is 11.4 Å². The molecule has 6 nitrogen and oxygen atoms in total. The maximum atomic E-state index is 12.5. The highest BCUT2D eigenvalue weighted by atomic mass is 32.2. The first kappa shape index (κ1) is 18.8. The molecule has 0 saturated carbocycles. The van der Waals surface area contributed by atoms with Crippen molar-refractivity contribution in [2.24, 2.45) is 0 Å². The number of anilines is 1. The van der Waals surface area contributed by atoms with Gasteiger partial charge in [-0.3, -0.25) is 4.72 Å². The van der Waals surface area contributed by atoms with Crippen LogP contribution in [0.4, 0.5) is 5.69 Å². The third-order valence-corrected chi connectivity index (χ3v) is 4.80. The molecule has 1 N–H and O–H groups in total. The monoisotopic (exact) mass is 363 g/mol. The number of carbonyl (C=O) groups excluding carboxylic acids is 1. The number of hydrogen-bond donors (Lipinski definition) is 1. The summed E-state index contributed by atoms with van der Waals surface area (Å²) in [6, 6.07) is 11.3. The van der Waals surface area contributed by atoms with Crippen molar-refractivity contribution in [1.82, 2.24) is 0 Å². The first-order valence-corrected chi connectivity index (χ1v) is 9.28. The van der Waals surface area contributed by atoms with Crippen molar-refractivity contribution >= 4 is 21.7 Å². The van der Waals surface area contributed by atoms with Crippen molar-refractivity contribution in [1.29, 1.82) is 0 Å². The van der Waals surface area contributed by atoms with Crippen molar-refractivity contribution < 1.29 is 22.7 Å². The second-order valence-electron chi connectivity index (χ2n) is 5.49. The fraction of sp³-hybridized carbons (Fsp3) is 0.278. The molecule has 0 heterocycles. The van der Waals surface area contributed by atoms with E-state index in [9.17, 15) is 13.2 Å². The molecular formula is C18H21NO5S. The van der Waals surface area contributed by atoms with Gasteiger partial charge in [-0.05, 0) is 56.7 Å². The number of carbonyl (C=O) groups is 1. The van der Waals surface area contributed by atoms with Crippen LogP contribution < -0.4 is 9.46 Å². The van der Waals surface area contributed by atoms with Gasteiger partial charge < -0.3 is 9.47 Å². The molecule has 25 heavy (non-hydrogen) atoms. The molecule has 0 saturated heterocycles. The molecule has 2 rings (SSSR count). The van der Waals surface area contributed by atoms with Crippen molar-refractivity contribution in [2.45, 2.75) is 25.7 Å². The maximum Gasteiger partial charge on any atom is 0.344 e.